The van der Waals surface area contributed by atoms with Crippen LogP contribution in [0.2, 0.25) is 5.02 Å². The molecule has 3 rings (SSSR count). The van der Waals surface area contributed by atoms with Gasteiger partial charge in [-0.25, -0.2) is 9.18 Å². The molecule has 0 radical (unpaired) electrons. The largest absolute Gasteiger partial charge is 0.452 e. The van der Waals surface area contributed by atoms with Crippen molar-refractivity contribution in [3.63, 3.8) is 0 Å². The van der Waals surface area contributed by atoms with Gasteiger partial charge in [0.1, 0.15) is 22.8 Å². The quantitative estimate of drug-likeness (QED) is 0.632. The Labute approximate surface area is 165 Å². The van der Waals surface area contributed by atoms with Crippen molar-refractivity contribution in [3.8, 4) is 11.3 Å². The molecular formula is C20H16ClFN2O4. The van der Waals surface area contributed by atoms with Crippen LogP contribution in [0.15, 0.2) is 53.1 Å². The van der Waals surface area contributed by atoms with E-state index in [4.69, 9.17) is 20.9 Å². The summed E-state index contributed by atoms with van der Waals surface area (Å²) < 4.78 is 23.1. The van der Waals surface area contributed by atoms with Crippen LogP contribution in [0.3, 0.4) is 0 Å². The first kappa shape index (κ1) is 19.6. The number of amides is 1. The Bertz CT molecular complexity index is 1000. The number of hydrogen-bond donors (Lipinski definition) is 1. The number of aromatic nitrogens is 1. The summed E-state index contributed by atoms with van der Waals surface area (Å²) in [4.78, 5) is 24.4. The van der Waals surface area contributed by atoms with E-state index in [0.29, 0.717) is 10.6 Å². The zero-order valence-electron chi connectivity index (χ0n) is 14.9. The molecule has 0 aliphatic heterocycles. The van der Waals surface area contributed by atoms with E-state index in [0.717, 1.165) is 5.56 Å². The van der Waals surface area contributed by atoms with E-state index in [9.17, 15) is 14.0 Å². The molecule has 1 aromatic heterocycles. The van der Waals surface area contributed by atoms with Gasteiger partial charge in [-0.15, -0.1) is 0 Å². The maximum absolute atomic E-state index is 12.9. The first-order valence-electron chi connectivity index (χ1n) is 8.35. The van der Waals surface area contributed by atoms with Gasteiger partial charge in [0.05, 0.1) is 5.02 Å². The fourth-order valence-electron chi connectivity index (χ4n) is 2.51. The van der Waals surface area contributed by atoms with Crippen LogP contribution in [0.25, 0.3) is 11.3 Å². The first-order chi connectivity index (χ1) is 13.5. The van der Waals surface area contributed by atoms with Crippen molar-refractivity contribution in [1.82, 2.24) is 10.5 Å². The fraction of sp³-hybridized carbons (Fsp3) is 0.150. The SMILES string of the molecule is Cc1onc(-c2ccccc2Cl)c1C(=O)OCC(=O)NCc1ccc(F)cc1. The second-order valence-electron chi connectivity index (χ2n) is 5.92. The maximum atomic E-state index is 12.9. The Hall–Kier alpha value is -3.19. The van der Waals surface area contributed by atoms with Gasteiger partial charge in [0.25, 0.3) is 5.91 Å². The molecule has 0 spiro atoms. The number of aryl methyl sites for hydroxylation is 1. The molecule has 8 heteroatoms. The Morgan fingerprint density at radius 2 is 1.89 bits per heavy atom. The Balaban J connectivity index is 1.62. The molecule has 1 N–H and O–H groups in total. The molecule has 3 aromatic rings. The van der Waals surface area contributed by atoms with Crippen LogP contribution in [-0.2, 0) is 16.1 Å². The number of hydrogen-bond acceptors (Lipinski definition) is 5. The number of nitrogens with zero attached hydrogens (tertiary/aromatic N) is 1. The van der Waals surface area contributed by atoms with Gasteiger partial charge in [-0.3, -0.25) is 4.79 Å². The van der Waals surface area contributed by atoms with Crippen molar-refractivity contribution in [2.24, 2.45) is 0 Å². The van der Waals surface area contributed by atoms with Gasteiger partial charge >= 0.3 is 5.97 Å². The summed E-state index contributed by atoms with van der Waals surface area (Å²) in [5.74, 6) is -1.34. The van der Waals surface area contributed by atoms with Crippen LogP contribution in [-0.4, -0.2) is 23.6 Å². The number of nitrogens with one attached hydrogen (secondary N) is 1. The van der Waals surface area contributed by atoms with Gasteiger partial charge in [-0.05, 0) is 30.7 Å². The highest BCUT2D eigenvalue weighted by Crippen LogP contribution is 2.31. The number of halogens is 2. The van der Waals surface area contributed by atoms with E-state index >= 15 is 0 Å². The number of esters is 1. The van der Waals surface area contributed by atoms with E-state index < -0.39 is 18.5 Å². The summed E-state index contributed by atoms with van der Waals surface area (Å²) in [7, 11) is 0. The second-order valence-corrected chi connectivity index (χ2v) is 6.33. The van der Waals surface area contributed by atoms with E-state index in [1.807, 2.05) is 0 Å². The van der Waals surface area contributed by atoms with Crippen molar-refractivity contribution >= 4 is 23.5 Å². The van der Waals surface area contributed by atoms with Crippen LogP contribution in [0.1, 0.15) is 21.7 Å². The van der Waals surface area contributed by atoms with E-state index in [2.05, 4.69) is 10.5 Å². The molecule has 0 aliphatic carbocycles. The number of ether oxygens (including phenoxy) is 1. The van der Waals surface area contributed by atoms with E-state index in [1.54, 1.807) is 43.3 Å². The Kier molecular flexibility index (Phi) is 6.06. The zero-order valence-corrected chi connectivity index (χ0v) is 15.6. The highest BCUT2D eigenvalue weighted by Gasteiger charge is 2.24. The summed E-state index contributed by atoms with van der Waals surface area (Å²) in [5.41, 5.74) is 1.60. The third kappa shape index (κ3) is 4.55. The predicted octanol–water partition coefficient (Wildman–Crippen LogP) is 3.92. The standard InChI is InChI=1S/C20H16ClFN2O4/c1-12-18(19(24-28-12)15-4-2-3-5-16(15)21)20(26)27-11-17(25)23-10-13-6-8-14(22)9-7-13/h2-9H,10-11H2,1H3,(H,23,25). The van der Waals surface area contributed by atoms with Gasteiger partial charge in [0.15, 0.2) is 6.61 Å². The Morgan fingerprint density at radius 1 is 1.18 bits per heavy atom. The zero-order chi connectivity index (χ0) is 20.1. The molecule has 2 aromatic carbocycles. The van der Waals surface area contributed by atoms with Crippen LogP contribution in [0.4, 0.5) is 4.39 Å². The average Bonchev–Trinajstić information content (AvgIpc) is 3.07. The highest BCUT2D eigenvalue weighted by molar-refractivity contribution is 6.33. The Morgan fingerprint density at radius 3 is 2.61 bits per heavy atom. The number of carbonyl (C=O) groups excluding carboxylic acids is 2. The lowest BCUT2D eigenvalue weighted by Gasteiger charge is -2.07. The summed E-state index contributed by atoms with van der Waals surface area (Å²) in [6.07, 6.45) is 0. The van der Waals surface area contributed by atoms with Crippen molar-refractivity contribution in [2.45, 2.75) is 13.5 Å². The van der Waals surface area contributed by atoms with Crippen molar-refractivity contribution in [1.29, 1.82) is 0 Å². The van der Waals surface area contributed by atoms with Crippen LogP contribution in [0, 0.1) is 12.7 Å². The van der Waals surface area contributed by atoms with E-state index in [-0.39, 0.29) is 29.4 Å². The number of rotatable bonds is 6. The monoisotopic (exact) mass is 402 g/mol. The van der Waals surface area contributed by atoms with Crippen molar-refractivity contribution in [3.05, 3.63) is 76.3 Å². The molecule has 144 valence electrons. The minimum absolute atomic E-state index is 0.111. The lowest BCUT2D eigenvalue weighted by Crippen LogP contribution is -2.28. The predicted molar refractivity (Wildman–Crippen MR) is 100 cm³/mol. The number of benzene rings is 2. The normalized spacial score (nSPS) is 10.5. The topological polar surface area (TPSA) is 81.4 Å². The summed E-state index contributed by atoms with van der Waals surface area (Å²) >= 11 is 6.16. The fourth-order valence-corrected chi connectivity index (χ4v) is 2.73. The molecule has 0 saturated heterocycles. The molecule has 28 heavy (non-hydrogen) atoms. The van der Waals surface area contributed by atoms with Gasteiger partial charge < -0.3 is 14.6 Å². The van der Waals surface area contributed by atoms with Gasteiger partial charge in [-0.1, -0.05) is 47.1 Å². The molecule has 0 fully saturated rings. The summed E-state index contributed by atoms with van der Waals surface area (Å²) in [6, 6.07) is 12.6. The van der Waals surface area contributed by atoms with Crippen LogP contribution in [0.5, 0.6) is 0 Å². The van der Waals surface area contributed by atoms with Gasteiger partial charge in [0.2, 0.25) is 0 Å². The van der Waals surface area contributed by atoms with Crippen molar-refractivity contribution in [2.75, 3.05) is 6.61 Å². The molecule has 0 atom stereocenters. The van der Waals surface area contributed by atoms with Crippen LogP contribution >= 0.6 is 11.6 Å². The lowest BCUT2D eigenvalue weighted by atomic mass is 10.1. The molecule has 0 aliphatic rings. The second kappa shape index (κ2) is 8.67. The summed E-state index contributed by atoms with van der Waals surface area (Å²) in [5, 5.41) is 6.88. The molecule has 0 bridgehead atoms. The molecule has 1 heterocycles. The average molecular weight is 403 g/mol. The third-order valence-electron chi connectivity index (χ3n) is 3.93. The minimum Gasteiger partial charge on any atom is -0.452 e. The minimum atomic E-state index is -0.745. The van der Waals surface area contributed by atoms with Crippen molar-refractivity contribution < 1.29 is 23.2 Å². The third-order valence-corrected chi connectivity index (χ3v) is 4.26. The molecular weight excluding hydrogens is 387 g/mol. The van der Waals surface area contributed by atoms with Gasteiger partial charge in [-0.2, -0.15) is 0 Å². The summed E-state index contributed by atoms with van der Waals surface area (Å²) in [6.45, 7) is 1.28. The smallest absolute Gasteiger partial charge is 0.344 e. The number of carbonyl (C=O) groups is 2. The van der Waals surface area contributed by atoms with Gasteiger partial charge in [0, 0.05) is 12.1 Å². The van der Waals surface area contributed by atoms with E-state index in [1.165, 1.54) is 12.1 Å². The van der Waals surface area contributed by atoms with Crippen LogP contribution < -0.4 is 5.32 Å². The maximum Gasteiger partial charge on any atom is 0.344 e. The first-order valence-corrected chi connectivity index (χ1v) is 8.73. The molecule has 1 amide bonds. The molecule has 6 nitrogen and oxygen atoms in total. The molecule has 0 saturated carbocycles. The highest BCUT2D eigenvalue weighted by atomic mass is 35.5. The molecule has 0 unspecified atom stereocenters. The lowest BCUT2D eigenvalue weighted by molar-refractivity contribution is -0.124.